The van der Waals surface area contributed by atoms with Crippen LogP contribution in [0.3, 0.4) is 0 Å². The third-order valence-electron chi connectivity index (χ3n) is 3.64. The molecule has 0 saturated carbocycles. The lowest BCUT2D eigenvalue weighted by molar-refractivity contribution is 0.677. The van der Waals surface area contributed by atoms with E-state index in [1.165, 1.54) is 11.1 Å². The highest BCUT2D eigenvalue weighted by atomic mass is 15.1. The van der Waals surface area contributed by atoms with Crippen LogP contribution in [0.1, 0.15) is 17.2 Å². The van der Waals surface area contributed by atoms with Crippen molar-refractivity contribution in [2.45, 2.75) is 6.04 Å². The normalized spacial score (nSPS) is 12.6. The van der Waals surface area contributed by atoms with Crippen LogP contribution in [0.4, 0.5) is 0 Å². The van der Waals surface area contributed by atoms with E-state index in [1.807, 2.05) is 24.7 Å². The summed E-state index contributed by atoms with van der Waals surface area (Å²) in [6.07, 6.45) is 8.42. The van der Waals surface area contributed by atoms with E-state index in [4.69, 9.17) is 0 Å². The molecule has 101 valence electrons. The lowest BCUT2D eigenvalue weighted by atomic mass is 9.98. The van der Waals surface area contributed by atoms with Gasteiger partial charge in [-0.2, -0.15) is 0 Å². The highest BCUT2D eigenvalue weighted by Crippen LogP contribution is 2.28. The monoisotopic (exact) mass is 273 g/mol. The van der Waals surface area contributed by atoms with Crippen molar-refractivity contribution >= 4 is 11.0 Å². The predicted octanol–water partition coefficient (Wildman–Crippen LogP) is 3.20. The number of benzene rings is 2. The zero-order valence-electron chi connectivity index (χ0n) is 11.3. The van der Waals surface area contributed by atoms with Crippen molar-refractivity contribution in [3.63, 3.8) is 0 Å². The van der Waals surface area contributed by atoms with E-state index in [0.29, 0.717) is 0 Å². The highest BCUT2D eigenvalue weighted by Gasteiger charge is 2.16. The van der Waals surface area contributed by atoms with E-state index in [0.717, 1.165) is 11.0 Å². The van der Waals surface area contributed by atoms with Crippen LogP contribution in [0.2, 0.25) is 0 Å². The van der Waals surface area contributed by atoms with Gasteiger partial charge in [0.25, 0.3) is 0 Å². The number of hydrogen-bond acceptors (Lipinski definition) is 2. The van der Waals surface area contributed by atoms with Crippen LogP contribution in [-0.2, 0) is 0 Å². The minimum atomic E-state index is 0.0924. The van der Waals surface area contributed by atoms with Crippen LogP contribution in [0.25, 0.3) is 11.0 Å². The highest BCUT2D eigenvalue weighted by molar-refractivity contribution is 5.75. The molecular weight excluding hydrogens is 260 g/mol. The molecular formula is C17H13N4. The van der Waals surface area contributed by atoms with Gasteiger partial charge < -0.3 is 9.55 Å². The number of nitrogens with zero attached hydrogens (tertiary/aromatic N) is 3. The van der Waals surface area contributed by atoms with Gasteiger partial charge in [0.05, 0.1) is 23.4 Å². The van der Waals surface area contributed by atoms with Crippen LogP contribution in [-0.4, -0.2) is 19.5 Å². The standard InChI is InChI=1S/C17H13N4/c1-2-4-13(5-3-1)17(21-9-8-18-12-21)14-6-7-15-16(10-14)20-11-19-15/h1-10,12,17H,(H,19,20). The first-order valence-corrected chi connectivity index (χ1v) is 6.80. The van der Waals surface area contributed by atoms with Gasteiger partial charge in [0, 0.05) is 12.4 Å². The van der Waals surface area contributed by atoms with Crippen molar-refractivity contribution in [3.05, 3.63) is 84.7 Å². The molecule has 2 aromatic heterocycles. The average molecular weight is 273 g/mol. The molecule has 0 aliphatic rings. The number of H-pyrrole nitrogens is 1. The molecule has 0 saturated heterocycles. The number of imidazole rings is 2. The molecule has 0 spiro atoms. The Balaban J connectivity index is 1.89. The Morgan fingerprint density at radius 1 is 1.05 bits per heavy atom. The molecule has 2 heterocycles. The lowest BCUT2D eigenvalue weighted by Gasteiger charge is -2.19. The molecule has 1 radical (unpaired) electrons. The maximum absolute atomic E-state index is 4.23. The molecule has 21 heavy (non-hydrogen) atoms. The Morgan fingerprint density at radius 2 is 1.95 bits per heavy atom. The summed E-state index contributed by atoms with van der Waals surface area (Å²) in [6.45, 7) is 0. The molecule has 4 heteroatoms. The fraction of sp³-hybridized carbons (Fsp3) is 0.0588. The molecule has 1 atom stereocenters. The summed E-state index contributed by atoms with van der Waals surface area (Å²) in [7, 11) is 0. The minimum Gasteiger partial charge on any atom is -0.335 e. The van der Waals surface area contributed by atoms with E-state index >= 15 is 0 Å². The number of fused-ring (bicyclic) bond motifs is 1. The Labute approximate surface area is 122 Å². The second kappa shape index (κ2) is 4.90. The van der Waals surface area contributed by atoms with Gasteiger partial charge in [-0.3, -0.25) is 0 Å². The van der Waals surface area contributed by atoms with Crippen molar-refractivity contribution in [1.82, 2.24) is 19.5 Å². The van der Waals surface area contributed by atoms with E-state index in [2.05, 4.69) is 62.2 Å². The summed E-state index contributed by atoms with van der Waals surface area (Å²) in [5.74, 6) is 0. The van der Waals surface area contributed by atoms with E-state index in [9.17, 15) is 0 Å². The number of nitrogens with one attached hydrogen (secondary N) is 1. The van der Waals surface area contributed by atoms with Gasteiger partial charge in [-0.1, -0.05) is 36.4 Å². The molecule has 0 fully saturated rings. The SMILES string of the molecule is [c]1nc2cc(C(c3ccccc3)n3ccnc3)ccc2[nH]1. The Kier molecular flexibility index (Phi) is 2.78. The van der Waals surface area contributed by atoms with E-state index in [-0.39, 0.29) is 6.04 Å². The minimum absolute atomic E-state index is 0.0924. The maximum atomic E-state index is 4.23. The van der Waals surface area contributed by atoms with Gasteiger partial charge in [0.2, 0.25) is 0 Å². The second-order valence-electron chi connectivity index (χ2n) is 4.95. The second-order valence-corrected chi connectivity index (χ2v) is 4.95. The summed E-state index contributed by atoms with van der Waals surface area (Å²) >= 11 is 0. The number of hydrogen-bond donors (Lipinski definition) is 1. The van der Waals surface area contributed by atoms with Gasteiger partial charge in [-0.05, 0) is 23.3 Å². The summed E-state index contributed by atoms with van der Waals surface area (Å²) in [6, 6.07) is 16.7. The smallest absolute Gasteiger partial charge is 0.174 e. The molecule has 0 amide bonds. The summed E-state index contributed by atoms with van der Waals surface area (Å²) < 4.78 is 2.10. The van der Waals surface area contributed by atoms with Crippen LogP contribution in [0.5, 0.6) is 0 Å². The van der Waals surface area contributed by atoms with Crippen molar-refractivity contribution in [1.29, 1.82) is 0 Å². The summed E-state index contributed by atoms with van der Waals surface area (Å²) in [4.78, 5) is 11.4. The third kappa shape index (κ3) is 2.10. The molecule has 2 aromatic carbocycles. The van der Waals surface area contributed by atoms with Crippen LogP contribution in [0, 0.1) is 6.33 Å². The predicted molar refractivity (Wildman–Crippen MR) is 80.8 cm³/mol. The molecule has 0 bridgehead atoms. The molecule has 1 unspecified atom stereocenters. The van der Waals surface area contributed by atoms with Gasteiger partial charge in [-0.25, -0.2) is 9.97 Å². The van der Waals surface area contributed by atoms with Crippen LogP contribution < -0.4 is 0 Å². The topological polar surface area (TPSA) is 46.5 Å². The Hall–Kier alpha value is -2.88. The molecule has 1 N–H and O–H groups in total. The van der Waals surface area contributed by atoms with Crippen molar-refractivity contribution < 1.29 is 0 Å². The van der Waals surface area contributed by atoms with E-state index in [1.54, 1.807) is 6.20 Å². The zero-order chi connectivity index (χ0) is 14.1. The first-order valence-electron chi connectivity index (χ1n) is 6.80. The van der Waals surface area contributed by atoms with Gasteiger partial charge >= 0.3 is 0 Å². The summed E-state index contributed by atoms with van der Waals surface area (Å²) in [5.41, 5.74) is 4.31. The van der Waals surface area contributed by atoms with Gasteiger partial charge in [0.15, 0.2) is 6.33 Å². The first-order chi connectivity index (χ1) is 10.4. The van der Waals surface area contributed by atoms with Crippen LogP contribution >= 0.6 is 0 Å². The first kappa shape index (κ1) is 11.9. The largest absolute Gasteiger partial charge is 0.335 e. The Bertz CT molecular complexity index is 847. The molecule has 4 rings (SSSR count). The fourth-order valence-corrected chi connectivity index (χ4v) is 2.66. The lowest BCUT2D eigenvalue weighted by Crippen LogP contribution is -2.10. The number of aromatic nitrogens is 4. The third-order valence-corrected chi connectivity index (χ3v) is 3.64. The Morgan fingerprint density at radius 3 is 2.76 bits per heavy atom. The summed E-state index contributed by atoms with van der Waals surface area (Å²) in [5, 5.41) is 0. The average Bonchev–Trinajstić information content (AvgIpc) is 3.19. The van der Waals surface area contributed by atoms with Crippen molar-refractivity contribution in [2.75, 3.05) is 0 Å². The fourth-order valence-electron chi connectivity index (χ4n) is 2.66. The van der Waals surface area contributed by atoms with Crippen molar-refractivity contribution in [2.24, 2.45) is 0 Å². The molecule has 0 aliphatic carbocycles. The molecule has 4 nitrogen and oxygen atoms in total. The number of rotatable bonds is 3. The van der Waals surface area contributed by atoms with Crippen molar-refractivity contribution in [3.8, 4) is 0 Å². The molecule has 0 aliphatic heterocycles. The van der Waals surface area contributed by atoms with Crippen LogP contribution in [0.15, 0.2) is 67.3 Å². The zero-order valence-corrected chi connectivity index (χ0v) is 11.3. The maximum Gasteiger partial charge on any atom is 0.174 e. The molecule has 4 aromatic rings. The number of aromatic amines is 1. The van der Waals surface area contributed by atoms with E-state index < -0.39 is 0 Å². The quantitative estimate of drug-likeness (QED) is 0.623. The van der Waals surface area contributed by atoms with Gasteiger partial charge in [0.1, 0.15) is 0 Å². The van der Waals surface area contributed by atoms with Gasteiger partial charge in [-0.15, -0.1) is 0 Å².